The van der Waals surface area contributed by atoms with Crippen LogP contribution in [0.25, 0.3) is 0 Å². The van der Waals surface area contributed by atoms with Crippen LogP contribution < -0.4 is 37.1 Å². The van der Waals surface area contributed by atoms with Gasteiger partial charge in [-0.1, -0.05) is 12.1 Å². The summed E-state index contributed by atoms with van der Waals surface area (Å²) in [5.41, 5.74) is 12.5. The molecule has 6 rings (SSSR count). The molecule has 0 aliphatic carbocycles. The smallest absolute Gasteiger partial charge is 0.416 e. The van der Waals surface area contributed by atoms with E-state index in [-0.39, 0.29) is 57.5 Å². The highest BCUT2D eigenvalue weighted by atomic mass is 19.4. The summed E-state index contributed by atoms with van der Waals surface area (Å²) in [5.74, 6) is -1.46. The summed E-state index contributed by atoms with van der Waals surface area (Å²) in [6.45, 7) is 1.27. The third kappa shape index (κ3) is 11.2. The zero-order chi connectivity index (χ0) is 44.0. The van der Waals surface area contributed by atoms with E-state index in [1.165, 1.54) is 12.1 Å². The van der Waals surface area contributed by atoms with E-state index in [0.717, 1.165) is 28.3 Å². The number of amides is 5. The molecule has 1 unspecified atom stereocenters. The molecule has 4 fully saturated rings. The van der Waals surface area contributed by atoms with E-state index >= 15 is 0 Å². The topological polar surface area (TPSA) is 281 Å². The summed E-state index contributed by atoms with van der Waals surface area (Å²) in [6.07, 6.45) is -17.0. The predicted molar refractivity (Wildman–Crippen MR) is 206 cm³/mol. The first kappa shape index (κ1) is 45.9. The maximum Gasteiger partial charge on any atom is 0.416 e. The van der Waals surface area contributed by atoms with Crippen molar-refractivity contribution in [1.29, 1.82) is 0 Å². The molecule has 2 aromatic carbocycles. The van der Waals surface area contributed by atoms with Crippen molar-refractivity contribution in [1.82, 2.24) is 20.9 Å². The molecule has 5 amide bonds. The Kier molecular flexibility index (Phi) is 15.1. The molecule has 2 aromatic rings. The van der Waals surface area contributed by atoms with E-state index < -0.39 is 90.9 Å². The minimum Gasteiger partial charge on any atom is -0.490 e. The molecule has 0 spiro atoms. The van der Waals surface area contributed by atoms with Crippen molar-refractivity contribution in [3.05, 3.63) is 59.7 Å². The lowest BCUT2D eigenvalue weighted by Gasteiger charge is -2.35. The number of nitrogens with one attached hydrogen (secondary N) is 3. The van der Waals surface area contributed by atoms with Crippen molar-refractivity contribution >= 4 is 29.4 Å². The van der Waals surface area contributed by atoms with E-state index in [4.69, 9.17) is 30.4 Å². The number of hydrogen-bond acceptors (Lipinski definition) is 15. The summed E-state index contributed by atoms with van der Waals surface area (Å²) >= 11 is 0. The lowest BCUT2D eigenvalue weighted by molar-refractivity contribution is -0.227. The van der Waals surface area contributed by atoms with Crippen LogP contribution in [0, 0.1) is 0 Å². The molecular weight excluding hydrogens is 815 g/mol. The zero-order valence-electron chi connectivity index (χ0n) is 33.0. The van der Waals surface area contributed by atoms with Crippen LogP contribution in [-0.2, 0) is 41.3 Å². The third-order valence-electron chi connectivity index (χ3n) is 11.1. The Labute approximate surface area is 348 Å². The number of alkyl halides is 3. The number of carbonyl (C=O) groups is 4. The van der Waals surface area contributed by atoms with Crippen molar-refractivity contribution in [2.24, 2.45) is 11.5 Å². The van der Waals surface area contributed by atoms with Gasteiger partial charge in [-0.25, -0.2) is 4.79 Å². The number of piperidine rings is 1. The molecule has 0 bridgehead atoms. The first-order chi connectivity index (χ1) is 29.0. The summed E-state index contributed by atoms with van der Waals surface area (Å²) < 4.78 is 61.9. The quantitative estimate of drug-likeness (QED) is 0.0843. The van der Waals surface area contributed by atoms with Crippen LogP contribution in [-0.4, -0.2) is 149 Å². The van der Waals surface area contributed by atoms with Crippen molar-refractivity contribution in [3.8, 4) is 5.75 Å². The Bertz CT molecular complexity index is 1820. The first-order valence-electron chi connectivity index (χ1n) is 20.0. The number of carbonyl (C=O) groups excluding carboxylic acids is 4. The van der Waals surface area contributed by atoms with Gasteiger partial charge in [0.1, 0.15) is 60.6 Å². The molecular formula is C39H52F3N7O12. The number of aliphatic hydroxyl groups excluding tert-OH is 4. The van der Waals surface area contributed by atoms with E-state index in [1.807, 2.05) is 24.3 Å². The summed E-state index contributed by atoms with van der Waals surface area (Å²) in [7, 11) is 0. The number of halogens is 3. The van der Waals surface area contributed by atoms with Crippen LogP contribution in [0.5, 0.6) is 5.75 Å². The van der Waals surface area contributed by atoms with Crippen LogP contribution in [0.2, 0.25) is 0 Å². The van der Waals surface area contributed by atoms with Gasteiger partial charge in [0, 0.05) is 64.1 Å². The Hall–Kier alpha value is -4.65. The minimum atomic E-state index is -4.41. The third-order valence-corrected chi connectivity index (χ3v) is 11.1. The van der Waals surface area contributed by atoms with Gasteiger partial charge in [-0.3, -0.25) is 24.6 Å². The number of nitrogens with two attached hydrogens (primary N) is 2. The summed E-state index contributed by atoms with van der Waals surface area (Å²) in [5, 5.41) is 50.9. The van der Waals surface area contributed by atoms with Crippen LogP contribution in [0.4, 0.5) is 23.7 Å². The number of nitrogens with zero attached hydrogens (tertiary/aromatic N) is 2. The molecule has 0 saturated carbocycles. The highest BCUT2D eigenvalue weighted by Crippen LogP contribution is 2.34. The van der Waals surface area contributed by atoms with Crippen molar-refractivity contribution < 1.29 is 71.7 Å². The molecule has 336 valence electrons. The molecule has 4 aliphatic rings. The largest absolute Gasteiger partial charge is 0.490 e. The van der Waals surface area contributed by atoms with Gasteiger partial charge >= 0.3 is 12.2 Å². The molecule has 0 aromatic heterocycles. The molecule has 61 heavy (non-hydrogen) atoms. The highest BCUT2D eigenvalue weighted by molar-refractivity contribution is 5.96. The number of rotatable bonds is 17. The molecule has 4 aliphatic heterocycles. The van der Waals surface area contributed by atoms with Crippen molar-refractivity contribution in [2.75, 3.05) is 37.6 Å². The fourth-order valence-corrected chi connectivity index (χ4v) is 7.70. The maximum absolute atomic E-state index is 12.9. The summed E-state index contributed by atoms with van der Waals surface area (Å²) in [6, 6.07) is 9.94. The second kappa shape index (κ2) is 20.0. The van der Waals surface area contributed by atoms with Gasteiger partial charge in [0.25, 0.3) is 0 Å². The number of ether oxygens (including phenoxy) is 4. The van der Waals surface area contributed by atoms with Crippen molar-refractivity contribution in [2.45, 2.75) is 112 Å². The van der Waals surface area contributed by atoms with E-state index in [1.54, 1.807) is 0 Å². The Morgan fingerprint density at radius 3 is 2.23 bits per heavy atom. The number of urea groups is 1. The lowest BCUT2D eigenvalue weighted by Crippen LogP contribution is -2.59. The van der Waals surface area contributed by atoms with E-state index in [2.05, 4.69) is 20.9 Å². The number of hydrogen-bond donors (Lipinski definition) is 9. The molecule has 19 nitrogen and oxygen atoms in total. The minimum absolute atomic E-state index is 0.00915. The number of primary amides is 1. The van der Waals surface area contributed by atoms with Gasteiger partial charge in [0.05, 0.1) is 5.56 Å². The number of imide groups is 1. The average molecular weight is 868 g/mol. The number of anilines is 1. The zero-order valence-corrected chi connectivity index (χ0v) is 33.0. The molecule has 11 N–H and O–H groups in total. The molecule has 0 radical (unpaired) electrons. The normalized spacial score (nSPS) is 28.4. The van der Waals surface area contributed by atoms with Gasteiger partial charge < -0.3 is 66.4 Å². The highest BCUT2D eigenvalue weighted by Gasteiger charge is 2.55. The Morgan fingerprint density at radius 2 is 1.62 bits per heavy atom. The van der Waals surface area contributed by atoms with E-state index in [0.29, 0.717) is 31.7 Å². The Balaban J connectivity index is 0.981. The molecule has 22 heteroatoms. The van der Waals surface area contributed by atoms with Crippen LogP contribution in [0.3, 0.4) is 0 Å². The number of aliphatic hydroxyl groups is 4. The van der Waals surface area contributed by atoms with Gasteiger partial charge in [-0.15, -0.1) is 0 Å². The molecule has 10 atom stereocenters. The lowest BCUT2D eigenvalue weighted by atomic mass is 9.98. The Morgan fingerprint density at radius 1 is 0.934 bits per heavy atom. The second-order valence-electron chi connectivity index (χ2n) is 15.3. The van der Waals surface area contributed by atoms with Crippen LogP contribution >= 0.6 is 0 Å². The SMILES string of the molecule is NC[C@H]1O[C@@H](O[C@@H]([C@H](NCCCC(=O)NCc2ccc(N3CCC(Oc4ccc(C(F)(F)F)cc4)CC3)cc2)C(N)=O)[C@H]2O[C@@H](N3CCC(=O)NC3=O)[C@H](O)C2O)[C@H](O)[C@@H]1O. The van der Waals surface area contributed by atoms with Crippen molar-refractivity contribution in [3.63, 3.8) is 0 Å². The van der Waals surface area contributed by atoms with Crippen LogP contribution in [0.1, 0.15) is 43.2 Å². The van der Waals surface area contributed by atoms with Crippen LogP contribution in [0.15, 0.2) is 48.5 Å². The number of benzene rings is 2. The van der Waals surface area contributed by atoms with Gasteiger partial charge in [-0.05, 0) is 54.9 Å². The average Bonchev–Trinajstić information content (AvgIpc) is 3.68. The van der Waals surface area contributed by atoms with Gasteiger partial charge in [0.2, 0.25) is 17.7 Å². The molecule has 4 saturated heterocycles. The molecule has 4 heterocycles. The van der Waals surface area contributed by atoms with Gasteiger partial charge in [0.15, 0.2) is 12.5 Å². The van der Waals surface area contributed by atoms with Gasteiger partial charge in [-0.2, -0.15) is 13.2 Å². The second-order valence-corrected chi connectivity index (χ2v) is 15.3. The monoisotopic (exact) mass is 867 g/mol. The van der Waals surface area contributed by atoms with E-state index in [9.17, 15) is 52.8 Å². The fraction of sp³-hybridized carbons (Fsp3) is 0.590. The standard InChI is InChI=1S/C39H52F3N7O12/c40-39(41,42)21-5-9-23(10-6-21)58-24-11-15-48(16-12-24)22-7-3-20(4-8-22)19-46-26(50)2-1-14-45-28(35(44)56)33(61-37-32(55)29(52)25(18-43)59-37)34-30(53)31(54)36(60-34)49-17-13-27(51)47-38(49)57/h3-10,24-25,28-34,36-37,45,52-55H,1-2,11-19,43H2,(H2,44,56)(H,46,50)(H,47,51,57)/t25-,28+,29-,30?,31-,32-,33+,34+,36-,37+/m1/s1. The maximum atomic E-state index is 12.9. The predicted octanol–water partition coefficient (Wildman–Crippen LogP) is -1.23. The summed E-state index contributed by atoms with van der Waals surface area (Å²) in [4.78, 5) is 53.1. The first-order valence-corrected chi connectivity index (χ1v) is 20.0. The fourth-order valence-electron chi connectivity index (χ4n) is 7.70.